The molecular weight excluding hydrogens is 286 g/mol. The number of nitrogens with one attached hydrogen (secondary N) is 1. The summed E-state index contributed by atoms with van der Waals surface area (Å²) in [6.07, 6.45) is 0. The van der Waals surface area contributed by atoms with Gasteiger partial charge in [-0.1, -0.05) is 53.2 Å². The minimum atomic E-state index is -0.228. The van der Waals surface area contributed by atoms with Crippen molar-refractivity contribution in [3.05, 3.63) is 64.7 Å². The highest BCUT2D eigenvalue weighted by atomic mass is 35.5. The molecule has 2 aromatic carbocycles. The fraction of sp³-hybridized carbons (Fsp3) is 0.188. The molecular formula is C16H18ClN3O. The van der Waals surface area contributed by atoms with Crippen molar-refractivity contribution in [1.29, 1.82) is 0 Å². The molecule has 2 rings (SSSR count). The van der Waals surface area contributed by atoms with E-state index in [1.165, 1.54) is 0 Å². The third-order valence-corrected chi connectivity index (χ3v) is 3.61. The molecule has 0 saturated carbocycles. The van der Waals surface area contributed by atoms with Crippen LogP contribution < -0.4 is 11.1 Å². The summed E-state index contributed by atoms with van der Waals surface area (Å²) in [4.78, 5) is 0. The van der Waals surface area contributed by atoms with Crippen molar-refractivity contribution in [3.63, 3.8) is 0 Å². The predicted octanol–water partition coefficient (Wildman–Crippen LogP) is 3.59. The third-order valence-electron chi connectivity index (χ3n) is 3.30. The van der Waals surface area contributed by atoms with Crippen LogP contribution in [-0.2, 0) is 0 Å². The second kappa shape index (κ2) is 6.99. The van der Waals surface area contributed by atoms with E-state index in [-0.39, 0.29) is 11.8 Å². The number of oxime groups is 1. The van der Waals surface area contributed by atoms with Crippen LogP contribution in [0.1, 0.15) is 17.0 Å². The zero-order valence-electron chi connectivity index (χ0n) is 11.8. The molecule has 0 bridgehead atoms. The molecule has 0 spiro atoms. The third kappa shape index (κ3) is 3.89. The Balaban J connectivity index is 2.17. The average Bonchev–Trinajstić information content (AvgIpc) is 2.50. The van der Waals surface area contributed by atoms with Crippen LogP contribution in [0.4, 0.5) is 5.69 Å². The molecule has 0 aliphatic rings. The maximum absolute atomic E-state index is 8.96. The summed E-state index contributed by atoms with van der Waals surface area (Å²) in [5.74, 6) is -0.0643. The first-order chi connectivity index (χ1) is 10.1. The highest BCUT2D eigenvalue weighted by molar-refractivity contribution is 6.33. The highest BCUT2D eigenvalue weighted by Crippen LogP contribution is 2.24. The van der Waals surface area contributed by atoms with Gasteiger partial charge in [0.25, 0.3) is 0 Å². The Morgan fingerprint density at radius 1 is 1.29 bits per heavy atom. The molecule has 0 fully saturated rings. The predicted molar refractivity (Wildman–Crippen MR) is 87.3 cm³/mol. The van der Waals surface area contributed by atoms with Gasteiger partial charge in [-0.25, -0.2) is 0 Å². The van der Waals surface area contributed by atoms with Gasteiger partial charge in [0.1, 0.15) is 5.84 Å². The zero-order chi connectivity index (χ0) is 15.2. The van der Waals surface area contributed by atoms with E-state index < -0.39 is 0 Å². The second-order valence-corrected chi connectivity index (χ2v) is 5.26. The lowest BCUT2D eigenvalue weighted by Crippen LogP contribution is -2.28. The molecule has 0 aliphatic carbocycles. The molecule has 0 aromatic heterocycles. The summed E-state index contributed by atoms with van der Waals surface area (Å²) in [5.41, 5.74) is 8.70. The fourth-order valence-electron chi connectivity index (χ4n) is 2.12. The van der Waals surface area contributed by atoms with Crippen LogP contribution in [0.15, 0.2) is 53.7 Å². The lowest BCUT2D eigenvalue weighted by molar-refractivity contribution is 0.316. The van der Waals surface area contributed by atoms with Crippen molar-refractivity contribution < 1.29 is 5.21 Å². The van der Waals surface area contributed by atoms with Crippen molar-refractivity contribution in [1.82, 2.24) is 0 Å². The van der Waals surface area contributed by atoms with Crippen LogP contribution in [0.3, 0.4) is 0 Å². The first kappa shape index (κ1) is 15.2. The number of amidine groups is 1. The van der Waals surface area contributed by atoms with Crippen LogP contribution in [0.25, 0.3) is 0 Å². The molecule has 1 atom stereocenters. The van der Waals surface area contributed by atoms with Crippen LogP contribution in [0.5, 0.6) is 0 Å². The highest BCUT2D eigenvalue weighted by Gasteiger charge is 2.16. The van der Waals surface area contributed by atoms with Gasteiger partial charge in [0.2, 0.25) is 0 Å². The number of hydrogen-bond acceptors (Lipinski definition) is 3. The van der Waals surface area contributed by atoms with E-state index in [4.69, 9.17) is 22.5 Å². The lowest BCUT2D eigenvalue weighted by Gasteiger charge is -2.18. The summed E-state index contributed by atoms with van der Waals surface area (Å²) in [7, 11) is 0. The van der Waals surface area contributed by atoms with Gasteiger partial charge in [0.15, 0.2) is 0 Å². The second-order valence-electron chi connectivity index (χ2n) is 4.85. The Morgan fingerprint density at radius 2 is 2.00 bits per heavy atom. The monoisotopic (exact) mass is 303 g/mol. The van der Waals surface area contributed by atoms with Crippen molar-refractivity contribution in [2.75, 3.05) is 11.9 Å². The minimum Gasteiger partial charge on any atom is -0.409 e. The molecule has 5 heteroatoms. The average molecular weight is 304 g/mol. The number of rotatable bonds is 5. The van der Waals surface area contributed by atoms with Crippen LogP contribution >= 0.6 is 11.6 Å². The maximum atomic E-state index is 8.96. The van der Waals surface area contributed by atoms with Crippen LogP contribution in [-0.4, -0.2) is 17.6 Å². The van der Waals surface area contributed by atoms with Crippen molar-refractivity contribution in [2.45, 2.75) is 12.8 Å². The standard InChI is InChI=1S/C16H18ClN3O/c1-11-7-8-15(14(17)9-11)19-10-13(16(18)20-21)12-5-3-2-4-6-12/h2-9,13,19,21H,10H2,1H3,(H2,18,20). The number of nitrogens with zero attached hydrogens (tertiary/aromatic N) is 1. The summed E-state index contributed by atoms with van der Waals surface area (Å²) in [6, 6.07) is 15.5. The van der Waals surface area contributed by atoms with Crippen LogP contribution in [0, 0.1) is 6.92 Å². The van der Waals surface area contributed by atoms with E-state index >= 15 is 0 Å². The number of halogens is 1. The Bertz CT molecular complexity index is 629. The molecule has 0 aliphatic heterocycles. The lowest BCUT2D eigenvalue weighted by atomic mass is 9.98. The number of hydrogen-bond donors (Lipinski definition) is 3. The van der Waals surface area contributed by atoms with Crippen molar-refractivity contribution in [3.8, 4) is 0 Å². The number of aryl methyl sites for hydroxylation is 1. The maximum Gasteiger partial charge on any atom is 0.148 e. The van der Waals surface area contributed by atoms with E-state index in [2.05, 4.69) is 10.5 Å². The van der Waals surface area contributed by atoms with Crippen molar-refractivity contribution in [2.24, 2.45) is 10.9 Å². The first-order valence-electron chi connectivity index (χ1n) is 6.64. The molecule has 0 amide bonds. The normalized spacial score (nSPS) is 13.0. The van der Waals surface area contributed by atoms with Crippen LogP contribution in [0.2, 0.25) is 5.02 Å². The molecule has 4 N–H and O–H groups in total. The summed E-state index contributed by atoms with van der Waals surface area (Å²) >= 11 is 6.20. The van der Waals surface area contributed by atoms with E-state index in [9.17, 15) is 0 Å². The van der Waals surface area contributed by atoms with Gasteiger partial charge < -0.3 is 16.3 Å². The van der Waals surface area contributed by atoms with E-state index in [1.807, 2.05) is 55.5 Å². The van der Waals surface area contributed by atoms with Gasteiger partial charge in [-0.15, -0.1) is 0 Å². The van der Waals surface area contributed by atoms with Crippen molar-refractivity contribution >= 4 is 23.1 Å². The number of benzene rings is 2. The molecule has 0 heterocycles. The Labute approximate surface area is 129 Å². The fourth-order valence-corrected chi connectivity index (χ4v) is 2.43. The van der Waals surface area contributed by atoms with E-state index in [0.717, 1.165) is 16.8 Å². The molecule has 0 radical (unpaired) electrons. The largest absolute Gasteiger partial charge is 0.409 e. The number of anilines is 1. The Hall–Kier alpha value is -2.20. The number of nitrogens with two attached hydrogens (primary N) is 1. The van der Waals surface area contributed by atoms with Gasteiger partial charge in [-0.05, 0) is 30.2 Å². The van der Waals surface area contributed by atoms with Gasteiger partial charge in [0, 0.05) is 6.54 Å². The van der Waals surface area contributed by atoms with E-state index in [1.54, 1.807) is 0 Å². The quantitative estimate of drug-likeness (QED) is 0.342. The Kier molecular flexibility index (Phi) is 5.06. The summed E-state index contributed by atoms with van der Waals surface area (Å²) in [6.45, 7) is 2.47. The van der Waals surface area contributed by atoms with Gasteiger partial charge in [-0.2, -0.15) is 0 Å². The smallest absolute Gasteiger partial charge is 0.148 e. The first-order valence-corrected chi connectivity index (χ1v) is 7.02. The summed E-state index contributed by atoms with van der Waals surface area (Å²) < 4.78 is 0. The topological polar surface area (TPSA) is 70.6 Å². The van der Waals surface area contributed by atoms with E-state index in [0.29, 0.717) is 11.6 Å². The molecule has 2 aromatic rings. The molecule has 21 heavy (non-hydrogen) atoms. The molecule has 1 unspecified atom stereocenters. The van der Waals surface area contributed by atoms with Gasteiger partial charge in [-0.3, -0.25) is 0 Å². The molecule has 4 nitrogen and oxygen atoms in total. The Morgan fingerprint density at radius 3 is 2.62 bits per heavy atom. The SMILES string of the molecule is Cc1ccc(NCC(C(N)=NO)c2ccccc2)c(Cl)c1. The summed E-state index contributed by atoms with van der Waals surface area (Å²) in [5, 5.41) is 16.0. The van der Waals surface area contributed by atoms with Gasteiger partial charge in [0.05, 0.1) is 16.6 Å². The van der Waals surface area contributed by atoms with Gasteiger partial charge >= 0.3 is 0 Å². The minimum absolute atomic E-state index is 0.164. The molecule has 110 valence electrons. The zero-order valence-corrected chi connectivity index (χ0v) is 12.5. The molecule has 0 saturated heterocycles.